The molecule has 1 aliphatic carbocycles. The van der Waals surface area contributed by atoms with Gasteiger partial charge in [0.05, 0.1) is 10.6 Å². The number of aromatic nitrogens is 1. The average Bonchev–Trinajstić information content (AvgIpc) is 3.11. The summed E-state index contributed by atoms with van der Waals surface area (Å²) in [6, 6.07) is 14.1. The summed E-state index contributed by atoms with van der Waals surface area (Å²) in [5.74, 6) is -0.312. The standard InChI is InChI=1S/C20H19N3O3S2/c1-23(2)28(25,26)15-10-7-14(8-11-15)19(24)22-20-21-18-16-6-4-3-5-13(16)9-12-17(18)27-20/h3-8,10-11H,9,12H2,1-2H3,(H,21,22,24). The number of amides is 1. The van der Waals surface area contributed by atoms with Gasteiger partial charge in [0.15, 0.2) is 5.13 Å². The molecule has 1 N–H and O–H groups in total. The van der Waals surface area contributed by atoms with E-state index in [4.69, 9.17) is 0 Å². The monoisotopic (exact) mass is 413 g/mol. The predicted molar refractivity (Wildman–Crippen MR) is 110 cm³/mol. The van der Waals surface area contributed by atoms with Gasteiger partial charge in [-0.15, -0.1) is 11.3 Å². The van der Waals surface area contributed by atoms with Gasteiger partial charge in [0, 0.05) is 30.1 Å². The Labute approximate surface area is 167 Å². The van der Waals surface area contributed by atoms with Gasteiger partial charge in [-0.1, -0.05) is 24.3 Å². The molecule has 0 atom stereocenters. The lowest BCUT2D eigenvalue weighted by molar-refractivity contribution is 0.102. The molecule has 0 fully saturated rings. The minimum absolute atomic E-state index is 0.148. The van der Waals surface area contributed by atoms with Crippen molar-refractivity contribution in [2.24, 2.45) is 0 Å². The van der Waals surface area contributed by atoms with E-state index in [1.54, 1.807) is 0 Å². The van der Waals surface area contributed by atoms with Crippen LogP contribution in [0.25, 0.3) is 11.3 Å². The van der Waals surface area contributed by atoms with Gasteiger partial charge in [-0.05, 0) is 42.7 Å². The van der Waals surface area contributed by atoms with Gasteiger partial charge in [-0.25, -0.2) is 17.7 Å². The molecule has 4 rings (SSSR count). The molecule has 0 aliphatic heterocycles. The minimum atomic E-state index is -3.52. The third-order valence-corrected chi connectivity index (χ3v) is 7.57. The van der Waals surface area contributed by atoms with Gasteiger partial charge in [-0.2, -0.15) is 0 Å². The Morgan fingerprint density at radius 2 is 1.79 bits per heavy atom. The molecule has 144 valence electrons. The van der Waals surface area contributed by atoms with Crippen LogP contribution in [0, 0.1) is 0 Å². The molecule has 0 bridgehead atoms. The van der Waals surface area contributed by atoms with Crippen LogP contribution in [0.2, 0.25) is 0 Å². The zero-order valence-electron chi connectivity index (χ0n) is 15.5. The number of hydrogen-bond donors (Lipinski definition) is 1. The van der Waals surface area contributed by atoms with Crippen molar-refractivity contribution in [2.45, 2.75) is 17.7 Å². The minimum Gasteiger partial charge on any atom is -0.298 e. The van der Waals surface area contributed by atoms with E-state index in [1.807, 2.05) is 12.1 Å². The maximum atomic E-state index is 12.6. The second kappa shape index (κ2) is 7.12. The van der Waals surface area contributed by atoms with Crippen molar-refractivity contribution in [1.82, 2.24) is 9.29 Å². The van der Waals surface area contributed by atoms with Crippen LogP contribution in [0.5, 0.6) is 0 Å². The number of sulfonamides is 1. The normalized spacial score (nSPS) is 13.1. The lowest BCUT2D eigenvalue weighted by atomic mass is 9.94. The molecule has 0 saturated heterocycles. The van der Waals surface area contributed by atoms with Crippen LogP contribution in [-0.2, 0) is 22.9 Å². The van der Waals surface area contributed by atoms with E-state index >= 15 is 0 Å². The summed E-state index contributed by atoms with van der Waals surface area (Å²) >= 11 is 1.49. The van der Waals surface area contributed by atoms with Crippen molar-refractivity contribution in [3.05, 3.63) is 64.5 Å². The van der Waals surface area contributed by atoms with Gasteiger partial charge >= 0.3 is 0 Å². The summed E-state index contributed by atoms with van der Waals surface area (Å²) < 4.78 is 25.4. The Kier molecular flexibility index (Phi) is 4.78. The highest BCUT2D eigenvalue weighted by atomic mass is 32.2. The van der Waals surface area contributed by atoms with Gasteiger partial charge in [0.2, 0.25) is 10.0 Å². The molecule has 8 heteroatoms. The van der Waals surface area contributed by atoms with Crippen LogP contribution < -0.4 is 5.32 Å². The first-order chi connectivity index (χ1) is 13.4. The number of benzene rings is 2. The van der Waals surface area contributed by atoms with Crippen LogP contribution in [0.4, 0.5) is 5.13 Å². The molecule has 1 aromatic heterocycles. The molecule has 3 aromatic rings. The highest BCUT2D eigenvalue weighted by molar-refractivity contribution is 7.89. The Balaban J connectivity index is 1.55. The maximum Gasteiger partial charge on any atom is 0.257 e. The lowest BCUT2D eigenvalue weighted by Crippen LogP contribution is -2.22. The number of carbonyl (C=O) groups excluding carboxylic acids is 1. The van der Waals surface area contributed by atoms with E-state index in [1.165, 1.54) is 60.1 Å². The van der Waals surface area contributed by atoms with E-state index in [0.29, 0.717) is 10.7 Å². The number of aryl methyl sites for hydroxylation is 2. The molecule has 1 heterocycles. The van der Waals surface area contributed by atoms with Crippen LogP contribution in [0.15, 0.2) is 53.4 Å². The molecule has 1 aliphatic rings. The summed E-state index contributed by atoms with van der Waals surface area (Å²) in [7, 11) is -0.576. The second-order valence-corrected chi connectivity index (χ2v) is 9.95. The molecular formula is C20H19N3O3S2. The lowest BCUT2D eigenvalue weighted by Gasteiger charge is -2.13. The summed E-state index contributed by atoms with van der Waals surface area (Å²) in [6.07, 6.45) is 1.89. The summed E-state index contributed by atoms with van der Waals surface area (Å²) in [5, 5.41) is 3.39. The molecular weight excluding hydrogens is 394 g/mol. The quantitative estimate of drug-likeness (QED) is 0.711. The molecule has 0 saturated carbocycles. The van der Waals surface area contributed by atoms with E-state index in [-0.39, 0.29) is 10.8 Å². The first-order valence-corrected chi connectivity index (χ1v) is 11.0. The van der Waals surface area contributed by atoms with Crippen molar-refractivity contribution >= 4 is 32.4 Å². The zero-order valence-corrected chi connectivity index (χ0v) is 17.1. The van der Waals surface area contributed by atoms with Crippen molar-refractivity contribution in [2.75, 3.05) is 19.4 Å². The van der Waals surface area contributed by atoms with Gasteiger partial charge in [-0.3, -0.25) is 10.1 Å². The van der Waals surface area contributed by atoms with Crippen LogP contribution >= 0.6 is 11.3 Å². The Bertz CT molecular complexity index is 1150. The third kappa shape index (κ3) is 3.34. The van der Waals surface area contributed by atoms with Crippen molar-refractivity contribution < 1.29 is 13.2 Å². The fraction of sp³-hybridized carbons (Fsp3) is 0.200. The van der Waals surface area contributed by atoms with Crippen LogP contribution in [0.3, 0.4) is 0 Å². The summed E-state index contributed by atoms with van der Waals surface area (Å²) in [4.78, 5) is 18.5. The number of nitrogens with zero attached hydrogens (tertiary/aromatic N) is 2. The Morgan fingerprint density at radius 3 is 2.50 bits per heavy atom. The highest BCUT2D eigenvalue weighted by Gasteiger charge is 2.22. The second-order valence-electron chi connectivity index (χ2n) is 6.71. The number of fused-ring (bicyclic) bond motifs is 3. The number of thiazole rings is 1. The molecule has 6 nitrogen and oxygen atoms in total. The number of nitrogens with one attached hydrogen (secondary N) is 1. The largest absolute Gasteiger partial charge is 0.298 e. The molecule has 1 amide bonds. The highest BCUT2D eigenvalue weighted by Crippen LogP contribution is 2.38. The van der Waals surface area contributed by atoms with E-state index in [2.05, 4.69) is 22.4 Å². The van der Waals surface area contributed by atoms with Gasteiger partial charge < -0.3 is 0 Å². The number of carbonyl (C=O) groups is 1. The van der Waals surface area contributed by atoms with E-state index in [0.717, 1.165) is 28.4 Å². The fourth-order valence-electron chi connectivity index (χ4n) is 3.16. The van der Waals surface area contributed by atoms with Crippen molar-refractivity contribution in [3.63, 3.8) is 0 Å². The molecule has 0 unspecified atom stereocenters. The number of anilines is 1. The Morgan fingerprint density at radius 1 is 1.07 bits per heavy atom. The van der Waals surface area contributed by atoms with Gasteiger partial charge in [0.1, 0.15) is 0 Å². The van der Waals surface area contributed by atoms with Crippen molar-refractivity contribution in [1.29, 1.82) is 0 Å². The summed E-state index contributed by atoms with van der Waals surface area (Å²) in [5.41, 5.74) is 3.72. The fourth-order valence-corrected chi connectivity index (χ4v) is 5.03. The molecule has 0 spiro atoms. The summed E-state index contributed by atoms with van der Waals surface area (Å²) in [6.45, 7) is 0. The smallest absolute Gasteiger partial charge is 0.257 e. The SMILES string of the molecule is CN(C)S(=O)(=O)c1ccc(C(=O)Nc2nc3c(s2)CCc2ccccc2-3)cc1. The van der Waals surface area contributed by atoms with Crippen molar-refractivity contribution in [3.8, 4) is 11.3 Å². The van der Waals surface area contributed by atoms with Crippen LogP contribution in [0.1, 0.15) is 20.8 Å². The topological polar surface area (TPSA) is 79.4 Å². The Hall–Kier alpha value is -2.55. The molecule has 2 aromatic carbocycles. The number of rotatable bonds is 4. The van der Waals surface area contributed by atoms with E-state index < -0.39 is 10.0 Å². The first-order valence-electron chi connectivity index (χ1n) is 8.78. The van der Waals surface area contributed by atoms with Crippen LogP contribution in [-0.4, -0.2) is 37.7 Å². The first kappa shape index (κ1) is 18.8. The maximum absolute atomic E-state index is 12.6. The third-order valence-electron chi connectivity index (χ3n) is 4.71. The van der Waals surface area contributed by atoms with E-state index in [9.17, 15) is 13.2 Å². The average molecular weight is 414 g/mol. The molecule has 28 heavy (non-hydrogen) atoms. The predicted octanol–water partition coefficient (Wildman–Crippen LogP) is 3.41. The molecule has 0 radical (unpaired) electrons. The zero-order chi connectivity index (χ0) is 19.9. The number of hydrogen-bond acceptors (Lipinski definition) is 5. The van der Waals surface area contributed by atoms with Gasteiger partial charge in [0.25, 0.3) is 5.91 Å².